The standard InChI is InChI=1S/C11H17N3/c1-9-7-10(4-5-13-9)14-6-2-3-11(14)8-12/h4-5,7,11H,2-3,6,8,12H2,1H3/t11-/m0/s1. The molecule has 76 valence electrons. The molecular weight excluding hydrogens is 174 g/mol. The SMILES string of the molecule is Cc1cc(N2CCC[C@H]2CN)ccn1. The van der Waals surface area contributed by atoms with Crippen molar-refractivity contribution in [2.75, 3.05) is 18.0 Å². The van der Waals surface area contributed by atoms with Crippen LogP contribution in [0.3, 0.4) is 0 Å². The lowest BCUT2D eigenvalue weighted by molar-refractivity contribution is 0.676. The summed E-state index contributed by atoms with van der Waals surface area (Å²) in [5, 5.41) is 0. The summed E-state index contributed by atoms with van der Waals surface area (Å²) in [5.41, 5.74) is 8.09. The van der Waals surface area contributed by atoms with Crippen molar-refractivity contribution in [3.05, 3.63) is 24.0 Å². The Bertz CT molecular complexity index is 311. The molecule has 0 aromatic carbocycles. The zero-order valence-electron chi connectivity index (χ0n) is 8.61. The molecule has 2 heterocycles. The average molecular weight is 191 g/mol. The van der Waals surface area contributed by atoms with Crippen molar-refractivity contribution in [3.63, 3.8) is 0 Å². The van der Waals surface area contributed by atoms with E-state index in [2.05, 4.69) is 22.0 Å². The highest BCUT2D eigenvalue weighted by atomic mass is 15.2. The Morgan fingerprint density at radius 1 is 1.64 bits per heavy atom. The predicted molar refractivity (Wildman–Crippen MR) is 58.4 cm³/mol. The van der Waals surface area contributed by atoms with E-state index < -0.39 is 0 Å². The third kappa shape index (κ3) is 1.73. The monoisotopic (exact) mass is 191 g/mol. The molecule has 1 fully saturated rings. The van der Waals surface area contributed by atoms with Crippen molar-refractivity contribution in [2.45, 2.75) is 25.8 Å². The van der Waals surface area contributed by atoms with Crippen molar-refractivity contribution in [1.82, 2.24) is 4.98 Å². The van der Waals surface area contributed by atoms with Crippen molar-refractivity contribution in [2.24, 2.45) is 5.73 Å². The van der Waals surface area contributed by atoms with Gasteiger partial charge in [-0.15, -0.1) is 0 Å². The molecule has 2 N–H and O–H groups in total. The highest BCUT2D eigenvalue weighted by Gasteiger charge is 2.23. The Labute approximate surface area is 84.9 Å². The van der Waals surface area contributed by atoms with Crippen molar-refractivity contribution in [1.29, 1.82) is 0 Å². The summed E-state index contributed by atoms with van der Waals surface area (Å²) < 4.78 is 0. The molecule has 0 saturated carbocycles. The summed E-state index contributed by atoms with van der Waals surface area (Å²) >= 11 is 0. The molecule has 0 aliphatic carbocycles. The molecule has 1 atom stereocenters. The van der Waals surface area contributed by atoms with Gasteiger partial charge in [0.05, 0.1) is 0 Å². The van der Waals surface area contributed by atoms with Crippen LogP contribution in [0.25, 0.3) is 0 Å². The fraction of sp³-hybridized carbons (Fsp3) is 0.545. The molecule has 0 spiro atoms. The second-order valence-corrected chi connectivity index (χ2v) is 3.88. The van der Waals surface area contributed by atoms with Gasteiger partial charge in [0.25, 0.3) is 0 Å². The van der Waals surface area contributed by atoms with Crippen LogP contribution in [0.15, 0.2) is 18.3 Å². The first kappa shape index (κ1) is 9.46. The first-order valence-corrected chi connectivity index (χ1v) is 5.20. The number of aromatic nitrogens is 1. The van der Waals surface area contributed by atoms with Gasteiger partial charge in [0, 0.05) is 36.7 Å². The van der Waals surface area contributed by atoms with E-state index in [0.717, 1.165) is 18.8 Å². The number of nitrogens with two attached hydrogens (primary N) is 1. The van der Waals surface area contributed by atoms with Gasteiger partial charge in [-0.3, -0.25) is 4.98 Å². The Morgan fingerprint density at radius 3 is 3.21 bits per heavy atom. The van der Waals surface area contributed by atoms with Crippen LogP contribution in [0, 0.1) is 6.92 Å². The second kappa shape index (κ2) is 3.96. The molecule has 0 amide bonds. The topological polar surface area (TPSA) is 42.1 Å². The highest BCUT2D eigenvalue weighted by molar-refractivity contribution is 5.48. The van der Waals surface area contributed by atoms with Crippen LogP contribution in [-0.4, -0.2) is 24.1 Å². The summed E-state index contributed by atoms with van der Waals surface area (Å²) in [6.45, 7) is 3.91. The number of rotatable bonds is 2. The van der Waals surface area contributed by atoms with Crippen LogP contribution in [0.4, 0.5) is 5.69 Å². The number of pyridine rings is 1. The molecule has 3 heteroatoms. The van der Waals surface area contributed by atoms with Gasteiger partial charge in [0.1, 0.15) is 0 Å². The van der Waals surface area contributed by atoms with Crippen LogP contribution in [0.2, 0.25) is 0 Å². The van der Waals surface area contributed by atoms with E-state index in [9.17, 15) is 0 Å². The minimum absolute atomic E-state index is 0.525. The van der Waals surface area contributed by atoms with Crippen molar-refractivity contribution in [3.8, 4) is 0 Å². The average Bonchev–Trinajstić information content (AvgIpc) is 2.65. The van der Waals surface area contributed by atoms with Gasteiger partial charge < -0.3 is 10.6 Å². The Kier molecular flexibility index (Phi) is 2.68. The third-order valence-corrected chi connectivity index (χ3v) is 2.86. The largest absolute Gasteiger partial charge is 0.367 e. The molecular formula is C11H17N3. The lowest BCUT2D eigenvalue weighted by Crippen LogP contribution is -2.35. The molecule has 2 rings (SSSR count). The molecule has 0 bridgehead atoms. The van der Waals surface area contributed by atoms with Gasteiger partial charge in [-0.2, -0.15) is 0 Å². The molecule has 1 saturated heterocycles. The highest BCUT2D eigenvalue weighted by Crippen LogP contribution is 2.24. The van der Waals surface area contributed by atoms with E-state index in [1.165, 1.54) is 18.5 Å². The van der Waals surface area contributed by atoms with Gasteiger partial charge in [0.2, 0.25) is 0 Å². The number of anilines is 1. The molecule has 0 radical (unpaired) electrons. The quantitative estimate of drug-likeness (QED) is 0.766. The Balaban J connectivity index is 2.21. The number of nitrogens with zero attached hydrogens (tertiary/aromatic N) is 2. The van der Waals surface area contributed by atoms with Gasteiger partial charge in [-0.05, 0) is 31.9 Å². The lowest BCUT2D eigenvalue weighted by Gasteiger charge is -2.25. The van der Waals surface area contributed by atoms with Crippen LogP contribution >= 0.6 is 0 Å². The molecule has 1 aliphatic rings. The van der Waals surface area contributed by atoms with Gasteiger partial charge in [-0.25, -0.2) is 0 Å². The van der Waals surface area contributed by atoms with Gasteiger partial charge in [-0.1, -0.05) is 0 Å². The molecule has 3 nitrogen and oxygen atoms in total. The number of aryl methyl sites for hydroxylation is 1. The molecule has 1 aromatic rings. The lowest BCUT2D eigenvalue weighted by atomic mass is 10.2. The molecule has 0 unspecified atom stereocenters. The maximum absolute atomic E-state index is 5.74. The van der Waals surface area contributed by atoms with Crippen molar-refractivity contribution < 1.29 is 0 Å². The smallest absolute Gasteiger partial charge is 0.0413 e. The number of hydrogen-bond donors (Lipinski definition) is 1. The zero-order valence-corrected chi connectivity index (χ0v) is 8.61. The summed E-state index contributed by atoms with van der Waals surface area (Å²) in [7, 11) is 0. The fourth-order valence-electron chi connectivity index (χ4n) is 2.13. The van der Waals surface area contributed by atoms with Crippen molar-refractivity contribution >= 4 is 5.69 Å². The minimum Gasteiger partial charge on any atom is -0.367 e. The maximum Gasteiger partial charge on any atom is 0.0413 e. The first-order valence-electron chi connectivity index (χ1n) is 5.20. The minimum atomic E-state index is 0.525. The Hall–Kier alpha value is -1.09. The van der Waals surface area contributed by atoms with Gasteiger partial charge >= 0.3 is 0 Å². The van der Waals surface area contributed by atoms with E-state index in [0.29, 0.717) is 6.04 Å². The molecule has 14 heavy (non-hydrogen) atoms. The molecule has 1 aromatic heterocycles. The fourth-order valence-corrected chi connectivity index (χ4v) is 2.13. The summed E-state index contributed by atoms with van der Waals surface area (Å²) in [6, 6.07) is 4.73. The number of hydrogen-bond acceptors (Lipinski definition) is 3. The summed E-state index contributed by atoms with van der Waals surface area (Å²) in [6.07, 6.45) is 4.34. The van der Waals surface area contributed by atoms with Gasteiger partial charge in [0.15, 0.2) is 0 Å². The maximum atomic E-state index is 5.74. The van der Waals surface area contributed by atoms with Crippen LogP contribution in [0.5, 0.6) is 0 Å². The van der Waals surface area contributed by atoms with Crippen LogP contribution in [0.1, 0.15) is 18.5 Å². The van der Waals surface area contributed by atoms with Crippen LogP contribution < -0.4 is 10.6 Å². The van der Waals surface area contributed by atoms with Crippen LogP contribution in [-0.2, 0) is 0 Å². The van der Waals surface area contributed by atoms with E-state index >= 15 is 0 Å². The third-order valence-electron chi connectivity index (χ3n) is 2.86. The first-order chi connectivity index (χ1) is 6.81. The zero-order chi connectivity index (χ0) is 9.97. The van der Waals surface area contributed by atoms with E-state index in [-0.39, 0.29) is 0 Å². The second-order valence-electron chi connectivity index (χ2n) is 3.88. The van der Waals surface area contributed by atoms with E-state index in [1.54, 1.807) is 0 Å². The normalized spacial score (nSPS) is 21.6. The summed E-state index contributed by atoms with van der Waals surface area (Å²) in [4.78, 5) is 6.60. The Morgan fingerprint density at radius 2 is 2.50 bits per heavy atom. The summed E-state index contributed by atoms with van der Waals surface area (Å²) in [5.74, 6) is 0. The van der Waals surface area contributed by atoms with E-state index in [4.69, 9.17) is 5.73 Å². The molecule has 1 aliphatic heterocycles. The van der Waals surface area contributed by atoms with E-state index in [1.807, 2.05) is 13.1 Å². The predicted octanol–water partition coefficient (Wildman–Crippen LogP) is 1.32.